The predicted molar refractivity (Wildman–Crippen MR) is 49.0 cm³/mol. The Morgan fingerprint density at radius 3 is 2.53 bits per heavy atom. The summed E-state index contributed by atoms with van der Waals surface area (Å²) in [6.45, 7) is -0.411. The van der Waals surface area contributed by atoms with Gasteiger partial charge in [-0.15, -0.1) is 0 Å². The highest BCUT2D eigenvalue weighted by Gasteiger charge is 2.41. The minimum absolute atomic E-state index is 0.411. The van der Waals surface area contributed by atoms with Gasteiger partial charge < -0.3 is 9.47 Å². The molecule has 1 heterocycles. The fourth-order valence-corrected chi connectivity index (χ4v) is 1.54. The summed E-state index contributed by atoms with van der Waals surface area (Å²) in [5, 5.41) is 2.73. The van der Waals surface area contributed by atoms with Crippen molar-refractivity contribution in [2.45, 2.75) is 31.1 Å². The molecule has 0 aromatic carbocycles. The number of ether oxygens (including phenoxy) is 2. The highest BCUT2D eigenvalue weighted by molar-refractivity contribution is 5.76. The van der Waals surface area contributed by atoms with Crippen LogP contribution in [-0.4, -0.2) is 43.9 Å². The molecule has 0 aliphatic carbocycles. The number of esters is 2. The van der Waals surface area contributed by atoms with Crippen molar-refractivity contribution in [2.24, 2.45) is 0 Å². The largest absolute Gasteiger partial charge is 0.490 e. The first-order chi connectivity index (χ1) is 7.84. The summed E-state index contributed by atoms with van der Waals surface area (Å²) in [4.78, 5) is 21.5. The minimum Gasteiger partial charge on any atom is -0.468 e. The van der Waals surface area contributed by atoms with Gasteiger partial charge in [0.05, 0.1) is 7.11 Å². The monoisotopic (exact) mass is 255 g/mol. The molecule has 2 atom stereocenters. The Balaban J connectivity index is 2.32. The molecule has 0 radical (unpaired) electrons. The predicted octanol–water partition coefficient (Wildman–Crippen LogP) is 0.385. The van der Waals surface area contributed by atoms with Crippen LogP contribution in [0.3, 0.4) is 0 Å². The van der Waals surface area contributed by atoms with E-state index in [1.54, 1.807) is 0 Å². The van der Waals surface area contributed by atoms with Crippen LogP contribution in [0.15, 0.2) is 0 Å². The first kappa shape index (κ1) is 13.8. The van der Waals surface area contributed by atoms with Crippen molar-refractivity contribution in [1.29, 1.82) is 0 Å². The summed E-state index contributed by atoms with van der Waals surface area (Å²) in [6, 6.07) is -1.00. The fraction of sp³-hybridized carbons (Fsp3) is 0.778. The molecule has 0 saturated carbocycles. The van der Waals surface area contributed by atoms with Crippen LogP contribution in [0.1, 0.15) is 12.8 Å². The van der Waals surface area contributed by atoms with Gasteiger partial charge in [0.25, 0.3) is 0 Å². The Kier molecular flexibility index (Phi) is 4.33. The Morgan fingerprint density at radius 2 is 2.00 bits per heavy atom. The fourth-order valence-electron chi connectivity index (χ4n) is 1.54. The van der Waals surface area contributed by atoms with E-state index in [1.807, 2.05) is 0 Å². The normalized spacial score (nSPS) is 24.5. The van der Waals surface area contributed by atoms with Gasteiger partial charge in [-0.2, -0.15) is 13.2 Å². The lowest BCUT2D eigenvalue weighted by molar-refractivity contribution is -0.200. The average Bonchev–Trinajstić information content (AvgIpc) is 2.72. The Hall–Kier alpha value is -1.31. The lowest BCUT2D eigenvalue weighted by Crippen LogP contribution is -2.39. The second kappa shape index (κ2) is 5.35. The Morgan fingerprint density at radius 1 is 1.35 bits per heavy atom. The summed E-state index contributed by atoms with van der Waals surface area (Å²) >= 11 is 0. The summed E-state index contributed by atoms with van der Waals surface area (Å²) in [5.41, 5.74) is 0. The molecule has 98 valence electrons. The molecule has 1 saturated heterocycles. The number of carbonyl (C=O) groups excluding carboxylic acids is 2. The zero-order chi connectivity index (χ0) is 13.1. The maximum atomic E-state index is 11.8. The third kappa shape index (κ3) is 3.88. The lowest BCUT2D eigenvalue weighted by Gasteiger charge is -2.13. The second-order valence-corrected chi connectivity index (χ2v) is 3.61. The van der Waals surface area contributed by atoms with Crippen molar-refractivity contribution in [2.75, 3.05) is 13.7 Å². The van der Waals surface area contributed by atoms with Crippen LogP contribution < -0.4 is 5.32 Å². The molecule has 1 fully saturated rings. The lowest BCUT2D eigenvalue weighted by atomic mass is 10.2. The molecule has 8 heteroatoms. The van der Waals surface area contributed by atoms with Gasteiger partial charge in [-0.25, -0.2) is 4.79 Å². The van der Waals surface area contributed by atoms with Crippen LogP contribution in [0, 0.1) is 0 Å². The second-order valence-electron chi connectivity index (χ2n) is 3.61. The van der Waals surface area contributed by atoms with Crippen LogP contribution in [0.25, 0.3) is 0 Å². The van der Waals surface area contributed by atoms with E-state index in [-0.39, 0.29) is 0 Å². The van der Waals surface area contributed by atoms with Gasteiger partial charge in [-0.3, -0.25) is 10.1 Å². The van der Waals surface area contributed by atoms with Crippen LogP contribution in [0.4, 0.5) is 13.2 Å². The molecule has 0 unspecified atom stereocenters. The van der Waals surface area contributed by atoms with E-state index in [0.717, 1.165) is 0 Å². The number of rotatable bonds is 3. The smallest absolute Gasteiger partial charge is 0.468 e. The number of halogens is 3. The van der Waals surface area contributed by atoms with Crippen molar-refractivity contribution in [3.8, 4) is 0 Å². The molecule has 0 spiro atoms. The first-order valence-corrected chi connectivity index (χ1v) is 4.92. The quantitative estimate of drug-likeness (QED) is 0.739. The molecule has 0 bridgehead atoms. The third-order valence-electron chi connectivity index (χ3n) is 2.37. The number of carbonyl (C=O) groups is 2. The molecule has 1 aliphatic rings. The highest BCUT2D eigenvalue weighted by Crippen LogP contribution is 2.18. The zero-order valence-electron chi connectivity index (χ0n) is 9.04. The van der Waals surface area contributed by atoms with E-state index in [4.69, 9.17) is 0 Å². The van der Waals surface area contributed by atoms with E-state index in [9.17, 15) is 22.8 Å². The SMILES string of the molecule is COC(=O)[C@H]1CC[C@@H](COC(=O)C(F)(F)F)N1. The first-order valence-electron chi connectivity index (χ1n) is 4.92. The summed E-state index contributed by atoms with van der Waals surface area (Å²) in [7, 11) is 1.22. The van der Waals surface area contributed by atoms with Crippen molar-refractivity contribution >= 4 is 11.9 Å². The van der Waals surface area contributed by atoms with Gasteiger partial charge in [-0.1, -0.05) is 0 Å². The topological polar surface area (TPSA) is 64.6 Å². The maximum Gasteiger partial charge on any atom is 0.490 e. The average molecular weight is 255 g/mol. The van der Waals surface area contributed by atoms with Crippen molar-refractivity contribution in [3.05, 3.63) is 0 Å². The Bertz CT molecular complexity index is 305. The van der Waals surface area contributed by atoms with E-state index in [0.29, 0.717) is 12.8 Å². The molecule has 17 heavy (non-hydrogen) atoms. The summed E-state index contributed by atoms with van der Waals surface area (Å²) in [5.74, 6) is -2.70. The minimum atomic E-state index is -4.99. The molecule has 5 nitrogen and oxygen atoms in total. The van der Waals surface area contributed by atoms with Gasteiger partial charge in [0, 0.05) is 6.04 Å². The van der Waals surface area contributed by atoms with Crippen molar-refractivity contribution in [3.63, 3.8) is 0 Å². The van der Waals surface area contributed by atoms with E-state index >= 15 is 0 Å². The number of methoxy groups -OCH3 is 1. The zero-order valence-corrected chi connectivity index (χ0v) is 9.04. The van der Waals surface area contributed by atoms with Crippen molar-refractivity contribution in [1.82, 2.24) is 5.32 Å². The van der Waals surface area contributed by atoms with Crippen molar-refractivity contribution < 1.29 is 32.2 Å². The van der Waals surface area contributed by atoms with E-state index in [2.05, 4.69) is 14.8 Å². The van der Waals surface area contributed by atoms with Gasteiger partial charge in [0.15, 0.2) is 0 Å². The summed E-state index contributed by atoms with van der Waals surface area (Å²) < 4.78 is 44.0. The van der Waals surface area contributed by atoms with Gasteiger partial charge >= 0.3 is 18.1 Å². The summed E-state index contributed by atoms with van der Waals surface area (Å²) in [6.07, 6.45) is -4.09. The van der Waals surface area contributed by atoms with Gasteiger partial charge in [0.1, 0.15) is 12.6 Å². The van der Waals surface area contributed by atoms with Crippen LogP contribution in [-0.2, 0) is 19.1 Å². The number of nitrogens with one attached hydrogen (secondary N) is 1. The molecular formula is C9H12F3NO4. The standard InChI is InChI=1S/C9H12F3NO4/c1-16-7(14)6-3-2-5(13-6)4-17-8(15)9(10,11)12/h5-6,13H,2-4H2,1H3/t5-,6+/m0/s1. The third-order valence-corrected chi connectivity index (χ3v) is 2.37. The molecule has 0 aromatic rings. The molecule has 0 aromatic heterocycles. The van der Waals surface area contributed by atoms with Crippen LogP contribution in [0.2, 0.25) is 0 Å². The maximum absolute atomic E-state index is 11.8. The van der Waals surface area contributed by atoms with E-state index < -0.39 is 36.8 Å². The molecular weight excluding hydrogens is 243 g/mol. The van der Waals surface area contributed by atoms with E-state index in [1.165, 1.54) is 7.11 Å². The molecule has 1 N–H and O–H groups in total. The Labute approximate surface area is 95.2 Å². The highest BCUT2D eigenvalue weighted by atomic mass is 19.4. The molecule has 1 aliphatic heterocycles. The van der Waals surface area contributed by atoms with Crippen LogP contribution >= 0.6 is 0 Å². The van der Waals surface area contributed by atoms with Gasteiger partial charge in [0.2, 0.25) is 0 Å². The van der Waals surface area contributed by atoms with Gasteiger partial charge in [-0.05, 0) is 12.8 Å². The number of alkyl halides is 3. The van der Waals surface area contributed by atoms with Crippen LogP contribution in [0.5, 0.6) is 0 Å². The number of hydrogen-bond donors (Lipinski definition) is 1. The number of hydrogen-bond acceptors (Lipinski definition) is 5. The molecule has 1 rings (SSSR count). The molecule has 0 amide bonds.